The van der Waals surface area contributed by atoms with E-state index in [0.717, 1.165) is 24.3 Å². The molecule has 0 spiro atoms. The number of carbonyl (C=O) groups is 1. The topological polar surface area (TPSA) is 72.4 Å². The third-order valence-corrected chi connectivity index (χ3v) is 3.12. The van der Waals surface area contributed by atoms with Gasteiger partial charge in [0, 0.05) is 19.7 Å². The molecule has 1 aliphatic rings. The normalized spacial score (nSPS) is 17.2. The first-order valence-corrected chi connectivity index (χ1v) is 5.45. The molecule has 0 bridgehead atoms. The number of aromatic nitrogens is 1. The first-order chi connectivity index (χ1) is 7.57. The SMILES string of the molecule is Cc1cc(CN(C)C(=O)C2(CN)CC2)no1. The number of nitrogens with two attached hydrogens (primary N) is 1. The molecule has 1 saturated carbocycles. The molecule has 5 heteroatoms. The Morgan fingerprint density at radius 3 is 2.81 bits per heavy atom. The monoisotopic (exact) mass is 223 g/mol. The Kier molecular flexibility index (Phi) is 2.71. The van der Waals surface area contributed by atoms with Crippen molar-refractivity contribution in [3.05, 3.63) is 17.5 Å². The van der Waals surface area contributed by atoms with Gasteiger partial charge in [0.15, 0.2) is 0 Å². The number of aryl methyl sites for hydroxylation is 1. The summed E-state index contributed by atoms with van der Waals surface area (Å²) < 4.78 is 4.96. The number of carbonyl (C=O) groups excluding carboxylic acids is 1. The van der Waals surface area contributed by atoms with E-state index < -0.39 is 0 Å². The van der Waals surface area contributed by atoms with Crippen LogP contribution in [0.4, 0.5) is 0 Å². The third kappa shape index (κ3) is 1.95. The maximum Gasteiger partial charge on any atom is 0.230 e. The predicted octanol–water partition coefficient (Wildman–Crippen LogP) is 0.680. The van der Waals surface area contributed by atoms with Gasteiger partial charge in [0.05, 0.1) is 12.0 Å². The molecule has 0 unspecified atom stereocenters. The van der Waals surface area contributed by atoms with Gasteiger partial charge in [0.25, 0.3) is 0 Å². The van der Waals surface area contributed by atoms with Crippen LogP contribution in [-0.4, -0.2) is 29.6 Å². The average Bonchev–Trinajstić information content (AvgIpc) is 2.97. The molecule has 0 saturated heterocycles. The molecular weight excluding hydrogens is 206 g/mol. The smallest absolute Gasteiger partial charge is 0.230 e. The highest BCUT2D eigenvalue weighted by atomic mass is 16.5. The molecule has 1 aromatic heterocycles. The van der Waals surface area contributed by atoms with Crippen LogP contribution in [0.2, 0.25) is 0 Å². The van der Waals surface area contributed by atoms with Crippen molar-refractivity contribution in [2.45, 2.75) is 26.3 Å². The number of nitrogens with zero attached hydrogens (tertiary/aromatic N) is 2. The molecule has 1 aliphatic carbocycles. The van der Waals surface area contributed by atoms with Crippen LogP contribution in [0.3, 0.4) is 0 Å². The lowest BCUT2D eigenvalue weighted by Gasteiger charge is -2.21. The van der Waals surface area contributed by atoms with Crippen LogP contribution < -0.4 is 5.73 Å². The number of rotatable bonds is 4. The van der Waals surface area contributed by atoms with Gasteiger partial charge in [-0.2, -0.15) is 0 Å². The van der Waals surface area contributed by atoms with Gasteiger partial charge >= 0.3 is 0 Å². The van der Waals surface area contributed by atoms with E-state index in [1.165, 1.54) is 0 Å². The Labute approximate surface area is 94.6 Å². The lowest BCUT2D eigenvalue weighted by molar-refractivity contribution is -0.135. The molecule has 1 fully saturated rings. The fourth-order valence-electron chi connectivity index (χ4n) is 1.87. The fourth-order valence-corrected chi connectivity index (χ4v) is 1.87. The Hall–Kier alpha value is -1.36. The van der Waals surface area contributed by atoms with Crippen molar-refractivity contribution >= 4 is 5.91 Å². The zero-order valence-corrected chi connectivity index (χ0v) is 9.69. The molecular formula is C11H17N3O2. The summed E-state index contributed by atoms with van der Waals surface area (Å²) in [4.78, 5) is 13.7. The summed E-state index contributed by atoms with van der Waals surface area (Å²) in [6, 6.07) is 1.84. The van der Waals surface area contributed by atoms with Crippen molar-refractivity contribution < 1.29 is 9.32 Å². The zero-order valence-electron chi connectivity index (χ0n) is 9.69. The Bertz CT molecular complexity index is 396. The lowest BCUT2D eigenvalue weighted by Crippen LogP contribution is -2.37. The second-order valence-electron chi connectivity index (χ2n) is 4.57. The van der Waals surface area contributed by atoms with E-state index in [2.05, 4.69) is 5.16 Å². The number of hydrogen-bond acceptors (Lipinski definition) is 4. The summed E-state index contributed by atoms with van der Waals surface area (Å²) in [6.45, 7) is 2.76. The van der Waals surface area contributed by atoms with Crippen molar-refractivity contribution in [2.75, 3.05) is 13.6 Å². The largest absolute Gasteiger partial charge is 0.361 e. The van der Waals surface area contributed by atoms with E-state index in [4.69, 9.17) is 10.3 Å². The minimum Gasteiger partial charge on any atom is -0.361 e. The van der Waals surface area contributed by atoms with E-state index in [1.54, 1.807) is 11.9 Å². The molecule has 88 valence electrons. The number of hydrogen-bond donors (Lipinski definition) is 1. The molecule has 0 radical (unpaired) electrons. The molecule has 0 aliphatic heterocycles. The van der Waals surface area contributed by atoms with E-state index in [9.17, 15) is 4.79 Å². The highest BCUT2D eigenvalue weighted by Gasteiger charge is 2.49. The maximum atomic E-state index is 12.1. The molecule has 2 N–H and O–H groups in total. The second kappa shape index (κ2) is 3.90. The van der Waals surface area contributed by atoms with Crippen molar-refractivity contribution in [1.82, 2.24) is 10.1 Å². The van der Waals surface area contributed by atoms with E-state index >= 15 is 0 Å². The summed E-state index contributed by atoms with van der Waals surface area (Å²) >= 11 is 0. The fraction of sp³-hybridized carbons (Fsp3) is 0.636. The summed E-state index contributed by atoms with van der Waals surface area (Å²) in [6.07, 6.45) is 1.81. The van der Waals surface area contributed by atoms with Crippen LogP contribution in [0, 0.1) is 12.3 Å². The second-order valence-corrected chi connectivity index (χ2v) is 4.57. The third-order valence-electron chi connectivity index (χ3n) is 3.12. The molecule has 2 rings (SSSR count). The summed E-state index contributed by atoms with van der Waals surface area (Å²) in [5.41, 5.74) is 6.12. The van der Waals surface area contributed by atoms with Gasteiger partial charge in [-0.1, -0.05) is 5.16 Å². The van der Waals surface area contributed by atoms with Crippen molar-refractivity contribution in [2.24, 2.45) is 11.1 Å². The van der Waals surface area contributed by atoms with Crippen molar-refractivity contribution in [3.8, 4) is 0 Å². The standard InChI is InChI=1S/C11H17N3O2/c1-8-5-9(13-16-8)6-14(2)10(15)11(7-12)3-4-11/h5H,3-4,6-7,12H2,1-2H3. The molecule has 5 nitrogen and oxygen atoms in total. The minimum absolute atomic E-state index is 0.121. The average molecular weight is 223 g/mol. The van der Waals surface area contributed by atoms with Gasteiger partial charge in [0.1, 0.15) is 11.5 Å². The van der Waals surface area contributed by atoms with Crippen LogP contribution in [-0.2, 0) is 11.3 Å². The maximum absolute atomic E-state index is 12.1. The highest BCUT2D eigenvalue weighted by Crippen LogP contribution is 2.46. The summed E-state index contributed by atoms with van der Waals surface area (Å²) in [5, 5.41) is 3.87. The Balaban J connectivity index is 1.98. The molecule has 1 aromatic rings. The lowest BCUT2D eigenvalue weighted by atomic mass is 10.1. The van der Waals surface area contributed by atoms with Crippen molar-refractivity contribution in [1.29, 1.82) is 0 Å². The van der Waals surface area contributed by atoms with Crippen LogP contribution in [0.1, 0.15) is 24.3 Å². The summed E-state index contributed by atoms with van der Waals surface area (Å²) in [5.74, 6) is 0.881. The molecule has 0 atom stereocenters. The quantitative estimate of drug-likeness (QED) is 0.814. The van der Waals surface area contributed by atoms with E-state index in [0.29, 0.717) is 13.1 Å². The van der Waals surface area contributed by atoms with Gasteiger partial charge in [-0.3, -0.25) is 4.79 Å². The predicted molar refractivity (Wildman–Crippen MR) is 58.4 cm³/mol. The number of amides is 1. The first kappa shape index (κ1) is 11.1. The zero-order chi connectivity index (χ0) is 11.8. The van der Waals surface area contributed by atoms with Crippen LogP contribution >= 0.6 is 0 Å². The molecule has 1 amide bonds. The van der Waals surface area contributed by atoms with Gasteiger partial charge in [-0.15, -0.1) is 0 Å². The van der Waals surface area contributed by atoms with Crippen LogP contribution in [0.25, 0.3) is 0 Å². The molecule has 16 heavy (non-hydrogen) atoms. The van der Waals surface area contributed by atoms with Gasteiger partial charge in [-0.05, 0) is 19.8 Å². The summed E-state index contributed by atoms with van der Waals surface area (Å²) in [7, 11) is 1.78. The molecule has 0 aromatic carbocycles. The highest BCUT2D eigenvalue weighted by molar-refractivity contribution is 5.85. The minimum atomic E-state index is -0.284. The van der Waals surface area contributed by atoms with Crippen molar-refractivity contribution in [3.63, 3.8) is 0 Å². The van der Waals surface area contributed by atoms with E-state index in [-0.39, 0.29) is 11.3 Å². The Morgan fingerprint density at radius 2 is 2.38 bits per heavy atom. The van der Waals surface area contributed by atoms with Gasteiger partial charge in [0.2, 0.25) is 5.91 Å². The first-order valence-electron chi connectivity index (χ1n) is 5.45. The van der Waals surface area contributed by atoms with Gasteiger partial charge < -0.3 is 15.2 Å². The van der Waals surface area contributed by atoms with E-state index in [1.807, 2.05) is 13.0 Å². The van der Waals surface area contributed by atoms with Crippen LogP contribution in [0.15, 0.2) is 10.6 Å². The van der Waals surface area contributed by atoms with Gasteiger partial charge in [-0.25, -0.2) is 0 Å². The Morgan fingerprint density at radius 1 is 1.69 bits per heavy atom. The molecule has 1 heterocycles. The van der Waals surface area contributed by atoms with Crippen LogP contribution in [0.5, 0.6) is 0 Å².